The molecule has 0 radical (unpaired) electrons. The molecule has 2 rings (SSSR count). The van der Waals surface area contributed by atoms with Crippen LogP contribution in [0.5, 0.6) is 0 Å². The van der Waals surface area contributed by atoms with E-state index < -0.39 is 10.0 Å². The molecule has 98 valence electrons. The summed E-state index contributed by atoms with van der Waals surface area (Å²) >= 11 is 0. The molecule has 1 unspecified atom stereocenters. The Hall–Kier alpha value is -1.13. The highest BCUT2D eigenvalue weighted by molar-refractivity contribution is 7.89. The summed E-state index contributed by atoms with van der Waals surface area (Å²) in [6, 6.07) is 6.98. The van der Waals surface area contributed by atoms with Crippen molar-refractivity contribution in [3.63, 3.8) is 0 Å². The first-order valence-corrected chi connectivity index (χ1v) is 7.71. The molecule has 0 fully saturated rings. The normalized spacial score (nSPS) is 21.8. The van der Waals surface area contributed by atoms with Gasteiger partial charge in [0.1, 0.15) is 0 Å². The van der Waals surface area contributed by atoms with E-state index in [-0.39, 0.29) is 6.04 Å². The van der Waals surface area contributed by atoms with Gasteiger partial charge in [0.25, 0.3) is 0 Å². The SMILES string of the molecule is Cc1ccc(S(=O)(=O)N2CCCC=CC2C)cc1. The van der Waals surface area contributed by atoms with Gasteiger partial charge in [0.15, 0.2) is 0 Å². The maximum absolute atomic E-state index is 12.6. The lowest BCUT2D eigenvalue weighted by Gasteiger charge is -2.25. The van der Waals surface area contributed by atoms with Crippen LogP contribution in [0.15, 0.2) is 41.3 Å². The minimum absolute atomic E-state index is 0.0706. The van der Waals surface area contributed by atoms with Crippen molar-refractivity contribution in [1.29, 1.82) is 0 Å². The maximum Gasteiger partial charge on any atom is 0.243 e. The van der Waals surface area contributed by atoms with E-state index in [0.717, 1.165) is 18.4 Å². The van der Waals surface area contributed by atoms with Gasteiger partial charge in [-0.15, -0.1) is 0 Å². The first-order chi connectivity index (χ1) is 8.51. The van der Waals surface area contributed by atoms with Gasteiger partial charge in [0.05, 0.1) is 4.90 Å². The highest BCUT2D eigenvalue weighted by Crippen LogP contribution is 2.21. The lowest BCUT2D eigenvalue weighted by molar-refractivity contribution is 0.380. The number of allylic oxidation sites excluding steroid dienone is 1. The largest absolute Gasteiger partial charge is 0.243 e. The van der Waals surface area contributed by atoms with Crippen molar-refractivity contribution in [3.05, 3.63) is 42.0 Å². The number of rotatable bonds is 2. The van der Waals surface area contributed by atoms with E-state index in [1.165, 1.54) is 0 Å². The summed E-state index contributed by atoms with van der Waals surface area (Å²) in [5.74, 6) is 0. The Bertz CT molecular complexity index is 531. The van der Waals surface area contributed by atoms with Crippen LogP contribution in [0.2, 0.25) is 0 Å². The average molecular weight is 265 g/mol. The molecule has 1 aromatic carbocycles. The second kappa shape index (κ2) is 5.24. The number of aryl methyl sites for hydroxylation is 1. The Kier molecular flexibility index (Phi) is 3.88. The number of benzene rings is 1. The zero-order valence-electron chi connectivity index (χ0n) is 10.8. The van der Waals surface area contributed by atoms with E-state index in [1.807, 2.05) is 32.1 Å². The molecule has 1 atom stereocenters. The van der Waals surface area contributed by atoms with Crippen LogP contribution in [0.3, 0.4) is 0 Å². The maximum atomic E-state index is 12.6. The van der Waals surface area contributed by atoms with Gasteiger partial charge in [-0.25, -0.2) is 8.42 Å². The first-order valence-electron chi connectivity index (χ1n) is 6.27. The van der Waals surface area contributed by atoms with E-state index in [4.69, 9.17) is 0 Å². The Morgan fingerprint density at radius 1 is 1.22 bits per heavy atom. The first kappa shape index (κ1) is 13.3. The van der Waals surface area contributed by atoms with Gasteiger partial charge in [-0.2, -0.15) is 4.31 Å². The summed E-state index contributed by atoms with van der Waals surface area (Å²) in [6.07, 6.45) is 5.87. The molecule has 0 aliphatic carbocycles. The highest BCUT2D eigenvalue weighted by Gasteiger charge is 2.28. The zero-order valence-corrected chi connectivity index (χ0v) is 11.7. The molecule has 1 aromatic rings. The number of nitrogens with zero attached hydrogens (tertiary/aromatic N) is 1. The smallest absolute Gasteiger partial charge is 0.207 e. The number of hydrogen-bond donors (Lipinski definition) is 0. The van der Waals surface area contributed by atoms with Gasteiger partial charge in [-0.05, 0) is 38.8 Å². The summed E-state index contributed by atoms with van der Waals surface area (Å²) in [5.41, 5.74) is 1.07. The fourth-order valence-electron chi connectivity index (χ4n) is 2.14. The lowest BCUT2D eigenvalue weighted by Crippen LogP contribution is -2.37. The predicted octanol–water partition coefficient (Wildman–Crippen LogP) is 2.72. The Morgan fingerprint density at radius 2 is 1.89 bits per heavy atom. The molecule has 1 aliphatic rings. The molecule has 0 spiro atoms. The molecule has 0 saturated heterocycles. The third-order valence-electron chi connectivity index (χ3n) is 3.25. The second-order valence-corrected chi connectivity index (χ2v) is 6.63. The summed E-state index contributed by atoms with van der Waals surface area (Å²) in [6.45, 7) is 4.46. The number of hydrogen-bond acceptors (Lipinski definition) is 2. The third kappa shape index (κ3) is 2.65. The van der Waals surface area contributed by atoms with E-state index in [0.29, 0.717) is 11.4 Å². The van der Waals surface area contributed by atoms with Crippen molar-refractivity contribution >= 4 is 10.0 Å². The Labute approximate surface area is 109 Å². The van der Waals surface area contributed by atoms with Crippen LogP contribution in [0.1, 0.15) is 25.3 Å². The van der Waals surface area contributed by atoms with Crippen LogP contribution in [-0.4, -0.2) is 25.3 Å². The van der Waals surface area contributed by atoms with Crippen LogP contribution < -0.4 is 0 Å². The monoisotopic (exact) mass is 265 g/mol. The van der Waals surface area contributed by atoms with Crippen molar-refractivity contribution < 1.29 is 8.42 Å². The molecule has 1 aliphatic heterocycles. The lowest BCUT2D eigenvalue weighted by atomic mass is 10.2. The van der Waals surface area contributed by atoms with Gasteiger partial charge >= 0.3 is 0 Å². The van der Waals surface area contributed by atoms with Gasteiger partial charge in [0.2, 0.25) is 10.0 Å². The van der Waals surface area contributed by atoms with Gasteiger partial charge in [-0.1, -0.05) is 29.8 Å². The summed E-state index contributed by atoms with van der Waals surface area (Å²) < 4.78 is 26.7. The molecule has 0 aromatic heterocycles. The molecule has 0 saturated carbocycles. The average Bonchev–Trinajstić information content (AvgIpc) is 2.55. The van der Waals surface area contributed by atoms with E-state index in [1.54, 1.807) is 16.4 Å². The molecule has 4 heteroatoms. The van der Waals surface area contributed by atoms with Gasteiger partial charge < -0.3 is 0 Å². The minimum atomic E-state index is -3.37. The fraction of sp³-hybridized carbons (Fsp3) is 0.429. The molecule has 0 N–H and O–H groups in total. The third-order valence-corrected chi connectivity index (χ3v) is 5.25. The van der Waals surface area contributed by atoms with E-state index in [2.05, 4.69) is 6.08 Å². The van der Waals surface area contributed by atoms with Gasteiger partial charge in [-0.3, -0.25) is 0 Å². The quantitative estimate of drug-likeness (QED) is 0.771. The van der Waals surface area contributed by atoms with Crippen LogP contribution >= 0.6 is 0 Å². The summed E-state index contributed by atoms with van der Waals surface area (Å²) in [5, 5.41) is 0. The molecule has 0 amide bonds. The fourth-order valence-corrected chi connectivity index (χ4v) is 3.77. The van der Waals surface area contributed by atoms with Crippen molar-refractivity contribution in [2.45, 2.75) is 37.6 Å². The summed E-state index contributed by atoms with van der Waals surface area (Å²) in [7, 11) is -3.37. The van der Waals surface area contributed by atoms with E-state index in [9.17, 15) is 8.42 Å². The molecule has 1 heterocycles. The van der Waals surface area contributed by atoms with Crippen molar-refractivity contribution in [2.24, 2.45) is 0 Å². The topological polar surface area (TPSA) is 37.4 Å². The highest BCUT2D eigenvalue weighted by atomic mass is 32.2. The number of sulfonamides is 1. The second-order valence-electron chi connectivity index (χ2n) is 4.74. The zero-order chi connectivity index (χ0) is 13.2. The van der Waals surface area contributed by atoms with Crippen molar-refractivity contribution in [2.75, 3.05) is 6.54 Å². The van der Waals surface area contributed by atoms with Crippen molar-refractivity contribution in [3.8, 4) is 0 Å². The van der Waals surface area contributed by atoms with E-state index >= 15 is 0 Å². The Balaban J connectivity index is 2.35. The molecular formula is C14H19NO2S. The van der Waals surface area contributed by atoms with Gasteiger partial charge in [0, 0.05) is 12.6 Å². The predicted molar refractivity (Wildman–Crippen MR) is 72.9 cm³/mol. The van der Waals surface area contributed by atoms with Crippen LogP contribution in [0.4, 0.5) is 0 Å². The van der Waals surface area contributed by atoms with Crippen molar-refractivity contribution in [1.82, 2.24) is 4.31 Å². The molecule has 0 bridgehead atoms. The molecule has 18 heavy (non-hydrogen) atoms. The molecule has 3 nitrogen and oxygen atoms in total. The summed E-state index contributed by atoms with van der Waals surface area (Å²) in [4.78, 5) is 0.384. The van der Waals surface area contributed by atoms with Crippen LogP contribution in [0, 0.1) is 6.92 Å². The van der Waals surface area contributed by atoms with Crippen LogP contribution in [-0.2, 0) is 10.0 Å². The van der Waals surface area contributed by atoms with Crippen LogP contribution in [0.25, 0.3) is 0 Å². The molecular weight excluding hydrogens is 246 g/mol. The standard InChI is InChI=1S/C14H19NO2S/c1-12-7-9-14(10-8-12)18(16,17)15-11-5-3-4-6-13(15)2/h4,6-10,13H,3,5,11H2,1-2H3. The Morgan fingerprint density at radius 3 is 2.56 bits per heavy atom. The minimum Gasteiger partial charge on any atom is -0.207 e.